The number of likely N-dealkylation sites (tertiary alicyclic amines) is 1. The van der Waals surface area contributed by atoms with E-state index in [9.17, 15) is 9.59 Å². The van der Waals surface area contributed by atoms with Gasteiger partial charge >= 0.3 is 0 Å². The number of rotatable bonds is 9. The SMILES string of the molecule is O=C(NCCN1CCCC1)[C@H](Cc1ccccc1)n1cnc(-c2cc(Cl)ccc2N2C=C(Cl)NN2)cc1=O. The zero-order valence-electron chi connectivity index (χ0n) is 20.7. The molecular formula is C27H29Cl2N7O2. The van der Waals surface area contributed by atoms with Gasteiger partial charge in [0.25, 0.3) is 5.56 Å². The van der Waals surface area contributed by atoms with E-state index in [1.807, 2.05) is 30.3 Å². The maximum absolute atomic E-state index is 13.4. The lowest BCUT2D eigenvalue weighted by molar-refractivity contribution is -0.124. The summed E-state index contributed by atoms with van der Waals surface area (Å²) in [5.74, 6) is -0.208. The molecule has 3 heterocycles. The number of nitrogens with zero attached hydrogens (tertiary/aromatic N) is 4. The summed E-state index contributed by atoms with van der Waals surface area (Å²) in [7, 11) is 0. The van der Waals surface area contributed by atoms with E-state index < -0.39 is 6.04 Å². The van der Waals surface area contributed by atoms with Crippen LogP contribution in [0.4, 0.5) is 5.69 Å². The Morgan fingerprint density at radius 1 is 1.08 bits per heavy atom. The highest BCUT2D eigenvalue weighted by molar-refractivity contribution is 6.31. The number of hydrogen-bond donors (Lipinski definition) is 3. The van der Waals surface area contributed by atoms with E-state index in [1.54, 1.807) is 29.4 Å². The zero-order valence-corrected chi connectivity index (χ0v) is 22.3. The average Bonchev–Trinajstić information content (AvgIpc) is 3.60. The first-order valence-corrected chi connectivity index (χ1v) is 13.3. The van der Waals surface area contributed by atoms with Gasteiger partial charge in [0.15, 0.2) is 0 Å². The molecule has 3 aromatic rings. The molecular weight excluding hydrogens is 525 g/mol. The smallest absolute Gasteiger partial charge is 0.254 e. The third kappa shape index (κ3) is 6.19. The van der Waals surface area contributed by atoms with E-state index in [2.05, 4.69) is 26.2 Å². The van der Waals surface area contributed by atoms with Crippen molar-refractivity contribution in [1.82, 2.24) is 30.7 Å². The fraction of sp³-hybridized carbons (Fsp3) is 0.296. The zero-order chi connectivity index (χ0) is 26.5. The summed E-state index contributed by atoms with van der Waals surface area (Å²) in [5.41, 5.74) is 8.10. The molecule has 0 radical (unpaired) electrons. The molecule has 1 fully saturated rings. The van der Waals surface area contributed by atoms with Crippen LogP contribution in [0.2, 0.25) is 5.02 Å². The Bertz CT molecular complexity index is 1370. The molecule has 198 valence electrons. The summed E-state index contributed by atoms with van der Waals surface area (Å²) >= 11 is 12.3. The number of hydrazine groups is 2. The van der Waals surface area contributed by atoms with Crippen LogP contribution < -0.4 is 26.8 Å². The fourth-order valence-corrected chi connectivity index (χ4v) is 5.06. The Morgan fingerprint density at radius 3 is 2.58 bits per heavy atom. The summed E-state index contributed by atoms with van der Waals surface area (Å²) in [6.07, 6.45) is 5.86. The van der Waals surface area contributed by atoms with Gasteiger partial charge in [-0.2, -0.15) is 0 Å². The van der Waals surface area contributed by atoms with E-state index in [1.165, 1.54) is 29.8 Å². The lowest BCUT2D eigenvalue weighted by Crippen LogP contribution is -2.41. The summed E-state index contributed by atoms with van der Waals surface area (Å²) in [5, 5.41) is 5.61. The van der Waals surface area contributed by atoms with E-state index in [0.717, 1.165) is 25.2 Å². The van der Waals surface area contributed by atoms with Crippen molar-refractivity contribution in [3.8, 4) is 11.3 Å². The lowest BCUT2D eigenvalue weighted by Gasteiger charge is -2.22. The van der Waals surface area contributed by atoms with Crippen LogP contribution in [-0.2, 0) is 11.2 Å². The van der Waals surface area contributed by atoms with Crippen LogP contribution in [0.5, 0.6) is 0 Å². The summed E-state index contributed by atoms with van der Waals surface area (Å²) in [4.78, 5) is 33.7. The molecule has 2 aliphatic rings. The highest BCUT2D eigenvalue weighted by Gasteiger charge is 2.24. The molecule has 2 aliphatic heterocycles. The van der Waals surface area contributed by atoms with Crippen molar-refractivity contribution in [2.75, 3.05) is 31.2 Å². The molecule has 0 saturated carbocycles. The van der Waals surface area contributed by atoms with Gasteiger partial charge in [-0.05, 0) is 49.7 Å². The first-order chi connectivity index (χ1) is 18.5. The van der Waals surface area contributed by atoms with Crippen LogP contribution >= 0.6 is 23.2 Å². The number of halogens is 2. The van der Waals surface area contributed by atoms with Gasteiger partial charge in [-0.1, -0.05) is 53.5 Å². The molecule has 0 aliphatic carbocycles. The minimum Gasteiger partial charge on any atom is -0.353 e. The van der Waals surface area contributed by atoms with Crippen LogP contribution in [0.15, 0.2) is 77.1 Å². The minimum atomic E-state index is -0.741. The number of hydrogen-bond acceptors (Lipinski definition) is 7. The van der Waals surface area contributed by atoms with Gasteiger partial charge in [0.2, 0.25) is 5.91 Å². The van der Waals surface area contributed by atoms with Gasteiger partial charge in [0.05, 0.1) is 23.9 Å². The standard InChI is InChI=1S/C27H29Cl2N7O2/c28-20-8-9-23(36-17-25(29)32-33-36)21(15-20)22-16-26(37)35(18-31-22)24(14-19-6-2-1-3-7-19)27(38)30-10-13-34-11-4-5-12-34/h1-3,6-9,15-18,24,32-33H,4-5,10-14H2,(H,30,38)/t24-/m0/s1. The molecule has 3 N–H and O–H groups in total. The summed E-state index contributed by atoms with van der Waals surface area (Å²) < 4.78 is 1.40. The van der Waals surface area contributed by atoms with Crippen molar-refractivity contribution in [3.63, 3.8) is 0 Å². The van der Waals surface area contributed by atoms with E-state index >= 15 is 0 Å². The topological polar surface area (TPSA) is 94.5 Å². The van der Waals surface area contributed by atoms with Crippen LogP contribution in [0.1, 0.15) is 24.4 Å². The molecule has 0 spiro atoms. The largest absolute Gasteiger partial charge is 0.353 e. The molecule has 2 aromatic carbocycles. The highest BCUT2D eigenvalue weighted by atomic mass is 35.5. The lowest BCUT2D eigenvalue weighted by atomic mass is 10.0. The van der Waals surface area contributed by atoms with Gasteiger partial charge in [0, 0.05) is 36.2 Å². The molecule has 1 aromatic heterocycles. The maximum atomic E-state index is 13.4. The number of amides is 1. The van der Waals surface area contributed by atoms with Crippen molar-refractivity contribution >= 4 is 34.8 Å². The third-order valence-electron chi connectivity index (χ3n) is 6.70. The highest BCUT2D eigenvalue weighted by Crippen LogP contribution is 2.32. The van der Waals surface area contributed by atoms with Gasteiger partial charge in [-0.15, -0.1) is 5.53 Å². The molecule has 1 atom stereocenters. The number of benzene rings is 2. The monoisotopic (exact) mass is 553 g/mol. The quantitative estimate of drug-likeness (QED) is 0.349. The van der Waals surface area contributed by atoms with Gasteiger partial charge in [-0.25, -0.2) is 4.98 Å². The van der Waals surface area contributed by atoms with Crippen molar-refractivity contribution < 1.29 is 4.79 Å². The Labute approximate surface area is 231 Å². The second kappa shape index (κ2) is 12.0. The predicted octanol–water partition coefficient (Wildman–Crippen LogP) is 3.43. The summed E-state index contributed by atoms with van der Waals surface area (Å²) in [6.45, 7) is 3.45. The molecule has 0 bridgehead atoms. The van der Waals surface area contributed by atoms with Crippen molar-refractivity contribution in [1.29, 1.82) is 0 Å². The number of nitrogens with one attached hydrogen (secondary N) is 3. The summed E-state index contributed by atoms with van der Waals surface area (Å²) in [6, 6.07) is 15.6. The molecule has 9 nitrogen and oxygen atoms in total. The van der Waals surface area contributed by atoms with Gasteiger partial charge in [-0.3, -0.25) is 24.6 Å². The van der Waals surface area contributed by atoms with Crippen LogP contribution in [0.3, 0.4) is 0 Å². The second-order valence-electron chi connectivity index (χ2n) is 9.31. The van der Waals surface area contributed by atoms with Crippen LogP contribution in [0, 0.1) is 0 Å². The van der Waals surface area contributed by atoms with Gasteiger partial charge < -0.3 is 10.2 Å². The van der Waals surface area contributed by atoms with Gasteiger partial charge in [0.1, 0.15) is 11.2 Å². The number of anilines is 1. The fourth-order valence-electron chi connectivity index (χ4n) is 4.75. The van der Waals surface area contributed by atoms with Crippen LogP contribution in [-0.4, -0.2) is 46.5 Å². The Kier molecular flexibility index (Phi) is 8.29. The first kappa shape index (κ1) is 26.2. The molecule has 0 unspecified atom stereocenters. The molecule has 38 heavy (non-hydrogen) atoms. The Morgan fingerprint density at radius 2 is 1.87 bits per heavy atom. The number of carbonyl (C=O) groups is 1. The minimum absolute atomic E-state index is 0.208. The predicted molar refractivity (Wildman–Crippen MR) is 149 cm³/mol. The van der Waals surface area contributed by atoms with E-state index in [0.29, 0.717) is 40.1 Å². The maximum Gasteiger partial charge on any atom is 0.254 e. The van der Waals surface area contributed by atoms with E-state index in [4.69, 9.17) is 23.2 Å². The van der Waals surface area contributed by atoms with Crippen molar-refractivity contribution in [2.45, 2.75) is 25.3 Å². The molecule has 5 rings (SSSR count). The first-order valence-electron chi connectivity index (χ1n) is 12.6. The normalized spacial score (nSPS) is 16.3. The number of aromatic nitrogens is 2. The molecule has 11 heteroatoms. The third-order valence-corrected chi connectivity index (χ3v) is 7.13. The van der Waals surface area contributed by atoms with E-state index in [-0.39, 0.29) is 11.5 Å². The second-order valence-corrected chi connectivity index (χ2v) is 10.2. The molecule has 1 saturated heterocycles. The molecule has 1 amide bonds. The average molecular weight is 554 g/mol. The Hall–Kier alpha value is -3.37. The Balaban J connectivity index is 1.42. The van der Waals surface area contributed by atoms with Crippen molar-refractivity contribution in [3.05, 3.63) is 93.2 Å². The van der Waals surface area contributed by atoms with Crippen molar-refractivity contribution in [2.24, 2.45) is 0 Å². The van der Waals surface area contributed by atoms with Crippen LogP contribution in [0.25, 0.3) is 11.3 Å². The number of carbonyl (C=O) groups excluding carboxylic acids is 1.